The Kier molecular flexibility index (Phi) is 5.63. The Hall–Kier alpha value is -0.740. The van der Waals surface area contributed by atoms with Crippen LogP contribution in [0.5, 0.6) is 5.75 Å². The first-order chi connectivity index (χ1) is 7.72. The summed E-state index contributed by atoms with van der Waals surface area (Å²) in [6.45, 7) is 2.10. The molecule has 0 heterocycles. The van der Waals surface area contributed by atoms with Crippen LogP contribution in [0.15, 0.2) is 18.2 Å². The summed E-state index contributed by atoms with van der Waals surface area (Å²) in [4.78, 5) is 0. The summed E-state index contributed by atoms with van der Waals surface area (Å²) in [5.41, 5.74) is 0.698. The Labute approximate surface area is 101 Å². The smallest absolute Gasteiger partial charge is 0.131 e. The highest BCUT2D eigenvalue weighted by Crippen LogP contribution is 2.24. The van der Waals surface area contributed by atoms with Crippen LogP contribution in [0.25, 0.3) is 0 Å². The van der Waals surface area contributed by atoms with Crippen LogP contribution in [0, 0.1) is 5.82 Å². The lowest BCUT2D eigenvalue weighted by atomic mass is 10.1. The van der Waals surface area contributed by atoms with Gasteiger partial charge in [0.25, 0.3) is 0 Å². The van der Waals surface area contributed by atoms with E-state index >= 15 is 0 Å². The van der Waals surface area contributed by atoms with Crippen molar-refractivity contribution in [1.82, 2.24) is 5.32 Å². The summed E-state index contributed by atoms with van der Waals surface area (Å²) in [6.07, 6.45) is 0. The molecule has 0 spiro atoms. The molecule has 0 bridgehead atoms. The van der Waals surface area contributed by atoms with Gasteiger partial charge in [-0.1, -0.05) is 13.0 Å². The van der Waals surface area contributed by atoms with E-state index < -0.39 is 0 Å². The van der Waals surface area contributed by atoms with Crippen LogP contribution in [-0.4, -0.2) is 25.7 Å². The fraction of sp³-hybridized carbons (Fsp3) is 0.500. The van der Waals surface area contributed by atoms with Gasteiger partial charge in [-0.15, -0.1) is 0 Å². The maximum Gasteiger partial charge on any atom is 0.131 e. The lowest BCUT2D eigenvalue weighted by Gasteiger charge is -2.17. The molecule has 1 N–H and O–H groups in total. The van der Waals surface area contributed by atoms with Gasteiger partial charge in [0.1, 0.15) is 11.6 Å². The first-order valence-electron chi connectivity index (χ1n) is 5.31. The summed E-state index contributed by atoms with van der Waals surface area (Å²) in [5, 5.41) is 3.13. The monoisotopic (exact) mass is 243 g/mol. The molecule has 0 aliphatic carbocycles. The Bertz CT molecular complexity index is 333. The molecule has 1 rings (SSSR count). The number of ether oxygens (including phenoxy) is 1. The lowest BCUT2D eigenvalue weighted by molar-refractivity contribution is 0.410. The quantitative estimate of drug-likeness (QED) is 0.830. The van der Waals surface area contributed by atoms with Crippen LogP contribution in [0.2, 0.25) is 0 Å². The van der Waals surface area contributed by atoms with E-state index in [1.165, 1.54) is 13.2 Å². The van der Waals surface area contributed by atoms with Gasteiger partial charge in [0.15, 0.2) is 0 Å². The van der Waals surface area contributed by atoms with Crippen LogP contribution in [0.4, 0.5) is 4.39 Å². The zero-order valence-electron chi connectivity index (χ0n) is 9.92. The largest absolute Gasteiger partial charge is 0.497 e. The third-order valence-electron chi connectivity index (χ3n) is 2.42. The molecule has 1 aromatic rings. The molecule has 16 heavy (non-hydrogen) atoms. The minimum atomic E-state index is -0.213. The Balaban J connectivity index is 2.83. The van der Waals surface area contributed by atoms with Crippen LogP contribution in [0.1, 0.15) is 18.5 Å². The van der Waals surface area contributed by atoms with Gasteiger partial charge in [0.05, 0.1) is 7.11 Å². The van der Waals surface area contributed by atoms with Crippen molar-refractivity contribution < 1.29 is 9.13 Å². The zero-order chi connectivity index (χ0) is 12.0. The van der Waals surface area contributed by atoms with Crippen LogP contribution >= 0.6 is 11.8 Å². The molecule has 1 atom stereocenters. The highest BCUT2D eigenvalue weighted by Gasteiger charge is 2.14. The van der Waals surface area contributed by atoms with Crippen LogP contribution in [0.3, 0.4) is 0 Å². The molecule has 0 aromatic heterocycles. The van der Waals surface area contributed by atoms with Gasteiger partial charge in [-0.3, -0.25) is 0 Å². The minimum absolute atomic E-state index is 0.0517. The topological polar surface area (TPSA) is 21.3 Å². The predicted octanol–water partition coefficient (Wildman–Crippen LogP) is 2.85. The molecule has 1 unspecified atom stereocenters. The van der Waals surface area contributed by atoms with E-state index in [0.717, 1.165) is 11.5 Å². The fourth-order valence-corrected chi connectivity index (χ4v) is 2.30. The van der Waals surface area contributed by atoms with Crippen molar-refractivity contribution in [2.45, 2.75) is 13.0 Å². The Morgan fingerprint density at radius 1 is 1.50 bits per heavy atom. The SMILES string of the molecule is CCSCC(NC)c1ccc(OC)cc1F. The van der Waals surface area contributed by atoms with Gasteiger partial charge in [-0.2, -0.15) is 11.8 Å². The zero-order valence-corrected chi connectivity index (χ0v) is 10.7. The first kappa shape index (κ1) is 13.3. The minimum Gasteiger partial charge on any atom is -0.497 e. The molecule has 2 nitrogen and oxygen atoms in total. The lowest BCUT2D eigenvalue weighted by Crippen LogP contribution is -2.20. The van der Waals surface area contributed by atoms with Gasteiger partial charge < -0.3 is 10.1 Å². The number of thioether (sulfide) groups is 1. The van der Waals surface area contributed by atoms with Crippen molar-refractivity contribution in [1.29, 1.82) is 0 Å². The van der Waals surface area contributed by atoms with E-state index in [1.807, 2.05) is 7.05 Å². The van der Waals surface area contributed by atoms with Gasteiger partial charge in [0.2, 0.25) is 0 Å². The molecule has 0 aliphatic heterocycles. The standard InChI is InChI=1S/C12H18FNOS/c1-4-16-8-12(14-2)10-6-5-9(15-3)7-11(10)13/h5-7,12,14H,4,8H2,1-3H3. The maximum atomic E-state index is 13.8. The molecule has 0 radical (unpaired) electrons. The number of nitrogens with one attached hydrogen (secondary N) is 1. The first-order valence-corrected chi connectivity index (χ1v) is 6.46. The van der Waals surface area contributed by atoms with Crippen molar-refractivity contribution in [2.75, 3.05) is 25.7 Å². The summed E-state index contributed by atoms with van der Waals surface area (Å²) < 4.78 is 18.8. The van der Waals surface area contributed by atoms with Crippen molar-refractivity contribution in [3.63, 3.8) is 0 Å². The second kappa shape index (κ2) is 6.76. The van der Waals surface area contributed by atoms with Crippen molar-refractivity contribution >= 4 is 11.8 Å². The molecule has 1 aromatic carbocycles. The average Bonchev–Trinajstić information content (AvgIpc) is 2.31. The van der Waals surface area contributed by atoms with E-state index in [-0.39, 0.29) is 11.9 Å². The van der Waals surface area contributed by atoms with Gasteiger partial charge in [0, 0.05) is 23.4 Å². The van der Waals surface area contributed by atoms with Crippen molar-refractivity contribution in [3.05, 3.63) is 29.6 Å². The Morgan fingerprint density at radius 2 is 2.25 bits per heavy atom. The van der Waals surface area contributed by atoms with Crippen molar-refractivity contribution in [3.8, 4) is 5.75 Å². The van der Waals surface area contributed by atoms with Gasteiger partial charge in [-0.05, 0) is 18.9 Å². The molecule has 90 valence electrons. The second-order valence-corrected chi connectivity index (χ2v) is 4.71. The maximum absolute atomic E-state index is 13.8. The van der Waals surface area contributed by atoms with Crippen molar-refractivity contribution in [2.24, 2.45) is 0 Å². The summed E-state index contributed by atoms with van der Waals surface area (Å²) in [6, 6.07) is 5.05. The van der Waals surface area contributed by atoms with E-state index in [0.29, 0.717) is 11.3 Å². The number of methoxy groups -OCH3 is 1. The summed E-state index contributed by atoms with van der Waals surface area (Å²) in [5.74, 6) is 2.25. The van der Waals surface area contributed by atoms with Crippen LogP contribution < -0.4 is 10.1 Å². The molecule has 0 saturated heterocycles. The normalized spacial score (nSPS) is 12.5. The predicted molar refractivity (Wildman–Crippen MR) is 67.8 cm³/mol. The number of hydrogen-bond acceptors (Lipinski definition) is 3. The molecule has 0 amide bonds. The van der Waals surface area contributed by atoms with Gasteiger partial charge in [-0.25, -0.2) is 4.39 Å². The highest BCUT2D eigenvalue weighted by atomic mass is 32.2. The van der Waals surface area contributed by atoms with E-state index in [2.05, 4.69) is 12.2 Å². The van der Waals surface area contributed by atoms with E-state index in [9.17, 15) is 4.39 Å². The van der Waals surface area contributed by atoms with Gasteiger partial charge >= 0.3 is 0 Å². The average molecular weight is 243 g/mol. The molecule has 4 heteroatoms. The number of rotatable bonds is 6. The fourth-order valence-electron chi connectivity index (χ4n) is 1.48. The summed E-state index contributed by atoms with van der Waals surface area (Å²) in [7, 11) is 3.39. The summed E-state index contributed by atoms with van der Waals surface area (Å²) >= 11 is 1.79. The number of benzene rings is 1. The number of hydrogen-bond donors (Lipinski definition) is 1. The van der Waals surface area contributed by atoms with E-state index in [1.54, 1.807) is 23.9 Å². The molecule has 0 saturated carbocycles. The van der Waals surface area contributed by atoms with Crippen LogP contribution in [-0.2, 0) is 0 Å². The number of halogens is 1. The second-order valence-electron chi connectivity index (χ2n) is 3.39. The Morgan fingerprint density at radius 3 is 2.75 bits per heavy atom. The van der Waals surface area contributed by atoms with E-state index in [4.69, 9.17) is 4.74 Å². The molecular formula is C12H18FNOS. The molecular weight excluding hydrogens is 225 g/mol. The third kappa shape index (κ3) is 3.39. The molecule has 0 aliphatic rings. The third-order valence-corrected chi connectivity index (χ3v) is 3.40. The molecule has 0 fully saturated rings. The highest BCUT2D eigenvalue weighted by molar-refractivity contribution is 7.99.